The van der Waals surface area contributed by atoms with E-state index in [4.69, 9.17) is 47.4 Å². The molecule has 0 aromatic rings. The van der Waals surface area contributed by atoms with Crippen molar-refractivity contribution < 1.29 is 136 Å². The predicted octanol–water partition coefficient (Wildman–Crippen LogP) is 4.58. The van der Waals surface area contributed by atoms with Crippen molar-refractivity contribution in [2.75, 3.05) is 119 Å². The van der Waals surface area contributed by atoms with Gasteiger partial charge in [0.1, 0.15) is 13.2 Å². The van der Waals surface area contributed by atoms with Crippen LogP contribution in [-0.2, 0) is 66.5 Å². The van der Waals surface area contributed by atoms with Crippen LogP contribution in [0.15, 0.2) is 24.3 Å². The summed E-state index contributed by atoms with van der Waals surface area (Å²) in [6, 6.07) is 0. The molecule has 458 valence electrons. The Labute approximate surface area is 530 Å². The van der Waals surface area contributed by atoms with Gasteiger partial charge >= 0.3 is 71.1 Å². The second kappa shape index (κ2) is 70.5. The molecule has 0 aromatic carbocycles. The fraction of sp³-hybridized carbons (Fsp3) is 0.871. The molecule has 0 heterocycles. The molecule has 16 nitrogen and oxygen atoms in total. The van der Waals surface area contributed by atoms with E-state index < -0.39 is 35.7 Å². The zero-order chi connectivity index (χ0) is 56.7. The van der Waals surface area contributed by atoms with Crippen LogP contribution < -0.4 is 69.3 Å². The van der Waals surface area contributed by atoms with E-state index >= 15 is 0 Å². The zero-order valence-electron chi connectivity index (χ0n) is 51.4. The van der Waals surface area contributed by atoms with Crippen molar-refractivity contribution in [2.24, 2.45) is 11.8 Å². The zero-order valence-corrected chi connectivity index (χ0v) is 55.4. The van der Waals surface area contributed by atoms with Crippen LogP contribution in [0.3, 0.4) is 0 Å². The summed E-state index contributed by atoms with van der Waals surface area (Å²) >= 11 is 0. The van der Waals surface area contributed by atoms with Crippen LogP contribution in [0.4, 0.5) is 0 Å². The molecule has 0 aliphatic carbocycles. The Morgan fingerprint density at radius 1 is 0.300 bits per heavy atom. The molecule has 0 rings (SSSR count). The second-order valence-electron chi connectivity index (χ2n) is 20.3. The van der Waals surface area contributed by atoms with E-state index in [1.54, 1.807) is 0 Å². The Kier molecular flexibility index (Phi) is 73.4. The van der Waals surface area contributed by atoms with Crippen LogP contribution in [0.2, 0.25) is 0 Å². The minimum Gasteiger partial charge on any atom is -0.550 e. The summed E-state index contributed by atoms with van der Waals surface area (Å²) in [5.74, 6) is -5.48. The summed E-state index contributed by atoms with van der Waals surface area (Å²) in [7, 11) is 0. The van der Waals surface area contributed by atoms with E-state index in [0.717, 1.165) is 25.7 Å². The van der Waals surface area contributed by atoms with Crippen LogP contribution in [0.5, 0.6) is 0 Å². The van der Waals surface area contributed by atoms with E-state index in [2.05, 4.69) is 13.8 Å². The quantitative estimate of drug-likeness (QED) is 0.0354. The molecule has 0 aliphatic heterocycles. The number of rotatable bonds is 65. The average molecular weight is 1160 g/mol. The minimum absolute atomic E-state index is 0. The first-order valence-corrected chi connectivity index (χ1v) is 31.0. The number of hydrogen-bond donors (Lipinski definition) is 0. The fourth-order valence-electron chi connectivity index (χ4n) is 8.43. The minimum atomic E-state index is -1.25. The molecule has 0 fully saturated rings. The first kappa shape index (κ1) is 83.3. The molecular formula is C62H112Na2O16. The average Bonchev–Trinajstić information content (AvgIpc) is 3.42. The number of carboxylic acid groups (broad SMARTS) is 2. The molecule has 0 spiro atoms. The van der Waals surface area contributed by atoms with Gasteiger partial charge in [-0.25, -0.2) is 0 Å². The van der Waals surface area contributed by atoms with E-state index in [0.29, 0.717) is 92.5 Å². The van der Waals surface area contributed by atoms with Crippen molar-refractivity contribution in [3.05, 3.63) is 24.3 Å². The van der Waals surface area contributed by atoms with Crippen LogP contribution in [0, 0.1) is 11.8 Å². The normalized spacial score (nSPS) is 12.2. The second-order valence-corrected chi connectivity index (χ2v) is 20.3. The number of esters is 2. The third kappa shape index (κ3) is 66.2. The van der Waals surface area contributed by atoms with Crippen molar-refractivity contribution >= 4 is 23.9 Å². The third-order valence-corrected chi connectivity index (χ3v) is 13.2. The molecule has 0 saturated heterocycles. The van der Waals surface area contributed by atoms with Gasteiger partial charge in [-0.3, -0.25) is 9.59 Å². The van der Waals surface area contributed by atoms with E-state index in [1.807, 2.05) is 24.3 Å². The smallest absolute Gasteiger partial charge is 0.550 e. The Hall–Kier alpha value is -0.960. The van der Waals surface area contributed by atoms with Crippen molar-refractivity contribution in [3.63, 3.8) is 0 Å². The van der Waals surface area contributed by atoms with E-state index in [1.165, 1.54) is 154 Å². The molecule has 2 unspecified atom stereocenters. The SMILES string of the molecule is CCCCCCCCCCCCCCC/C=C/CC(CC(=O)OCCOCCOCCOCCOCCOCCOCCOCCOCCOC(=O)CC(C/C=C/CCCCCCCCCCCCCCC)C(=O)[O-])C(=O)[O-].[Na+].[Na+]. The summed E-state index contributed by atoms with van der Waals surface area (Å²) in [6.07, 6.45) is 43.6. The number of unbranched alkanes of at least 4 members (excludes halogenated alkanes) is 26. The maximum absolute atomic E-state index is 12.2. The molecule has 0 amide bonds. The van der Waals surface area contributed by atoms with Crippen molar-refractivity contribution in [3.8, 4) is 0 Å². The Morgan fingerprint density at radius 3 is 0.713 bits per heavy atom. The number of carboxylic acids is 2. The largest absolute Gasteiger partial charge is 1.00 e. The Balaban J connectivity index is -0.0000296. The monoisotopic (exact) mass is 1160 g/mol. The molecule has 0 aliphatic rings. The summed E-state index contributed by atoms with van der Waals surface area (Å²) in [6.45, 7) is 10.5. The molecule has 0 N–H and O–H groups in total. The standard InChI is InChI=1S/C62H114O16.2Na/c1-3-5-7-9-11-13-15-17-19-21-23-25-27-29-31-33-35-57(61(65)66)55-59(63)77-53-51-75-49-47-73-45-43-71-41-39-69-37-38-70-40-42-72-44-46-74-48-50-76-52-54-78-60(64)56-58(62(67)68)36-34-32-30-28-26-24-22-20-18-16-14-12-10-8-6-4-2;;/h31-34,57-58H,3-30,35-56H2,1-2H3,(H,65,66)(H,67,68);;/q;2*+1/p-2/b33-31+,34-32+;;. The van der Waals surface area contributed by atoms with Crippen molar-refractivity contribution in [1.29, 1.82) is 0 Å². The van der Waals surface area contributed by atoms with Gasteiger partial charge in [-0.2, -0.15) is 0 Å². The number of hydrogen-bond acceptors (Lipinski definition) is 16. The molecule has 0 bridgehead atoms. The Bertz CT molecular complexity index is 1280. The number of ether oxygens (including phenoxy) is 10. The number of carbonyl (C=O) groups excluding carboxylic acids is 4. The van der Waals surface area contributed by atoms with Gasteiger partial charge in [0.25, 0.3) is 0 Å². The van der Waals surface area contributed by atoms with Gasteiger partial charge in [0.15, 0.2) is 0 Å². The van der Waals surface area contributed by atoms with Gasteiger partial charge in [0.2, 0.25) is 0 Å². The van der Waals surface area contributed by atoms with Gasteiger partial charge < -0.3 is 67.2 Å². The van der Waals surface area contributed by atoms with Gasteiger partial charge in [0, 0.05) is 23.8 Å². The van der Waals surface area contributed by atoms with Gasteiger partial charge in [-0.1, -0.05) is 192 Å². The molecule has 18 heteroatoms. The summed E-state index contributed by atoms with van der Waals surface area (Å²) in [5, 5.41) is 23.1. The van der Waals surface area contributed by atoms with Crippen molar-refractivity contribution in [1.82, 2.24) is 0 Å². The summed E-state index contributed by atoms with van der Waals surface area (Å²) in [4.78, 5) is 47.5. The molecular weight excluding hydrogens is 1050 g/mol. The number of carbonyl (C=O) groups is 4. The molecule has 0 radical (unpaired) electrons. The number of allylic oxidation sites excluding steroid dienone is 4. The third-order valence-electron chi connectivity index (χ3n) is 13.2. The van der Waals surface area contributed by atoms with Crippen LogP contribution in [0.25, 0.3) is 0 Å². The molecule has 0 aromatic heterocycles. The first-order valence-electron chi connectivity index (χ1n) is 31.0. The first-order chi connectivity index (χ1) is 38.3. The van der Waals surface area contributed by atoms with Crippen LogP contribution in [0.1, 0.15) is 219 Å². The predicted molar refractivity (Wildman–Crippen MR) is 303 cm³/mol. The number of aliphatic carboxylic acids is 2. The van der Waals surface area contributed by atoms with Crippen LogP contribution in [-0.4, -0.2) is 143 Å². The topological polar surface area (TPSA) is 207 Å². The van der Waals surface area contributed by atoms with E-state index in [9.17, 15) is 29.4 Å². The van der Waals surface area contributed by atoms with Gasteiger partial charge in [-0.15, -0.1) is 0 Å². The summed E-state index contributed by atoms with van der Waals surface area (Å²) < 4.78 is 54.2. The summed E-state index contributed by atoms with van der Waals surface area (Å²) in [5.41, 5.74) is 0. The molecule has 2 atom stereocenters. The van der Waals surface area contributed by atoms with Crippen molar-refractivity contribution in [2.45, 2.75) is 219 Å². The van der Waals surface area contributed by atoms with Gasteiger partial charge in [0.05, 0.1) is 119 Å². The van der Waals surface area contributed by atoms with Gasteiger partial charge in [-0.05, 0) is 38.5 Å². The fourth-order valence-corrected chi connectivity index (χ4v) is 8.43. The molecule has 0 saturated carbocycles. The van der Waals surface area contributed by atoms with E-state index in [-0.39, 0.29) is 111 Å². The Morgan fingerprint density at radius 2 is 0.500 bits per heavy atom. The molecule has 80 heavy (non-hydrogen) atoms. The van der Waals surface area contributed by atoms with Crippen LogP contribution >= 0.6 is 0 Å². The maximum atomic E-state index is 12.2. The maximum Gasteiger partial charge on any atom is 1.00 e.